The molecule has 0 saturated carbocycles. The van der Waals surface area contributed by atoms with E-state index in [4.69, 9.17) is 4.74 Å². The molecule has 6 heteroatoms. The fourth-order valence-electron chi connectivity index (χ4n) is 3.40. The van der Waals surface area contributed by atoms with E-state index in [9.17, 15) is 10.1 Å². The summed E-state index contributed by atoms with van der Waals surface area (Å²) < 4.78 is 5.90. The van der Waals surface area contributed by atoms with Crippen LogP contribution in [-0.4, -0.2) is 37.0 Å². The number of rotatable bonds is 10. The molecule has 3 rings (SSSR count). The molecule has 0 amide bonds. The largest absolute Gasteiger partial charge is 0.482 e. The van der Waals surface area contributed by atoms with Crippen molar-refractivity contribution in [3.63, 3.8) is 0 Å². The minimum Gasteiger partial charge on any atom is -0.482 e. The van der Waals surface area contributed by atoms with Crippen molar-refractivity contribution in [3.05, 3.63) is 93.5 Å². The predicted molar refractivity (Wildman–Crippen MR) is 124 cm³/mol. The monoisotopic (exact) mass is 419 g/mol. The maximum atomic E-state index is 11.6. The molecule has 0 bridgehead atoms. The molecule has 3 aromatic rings. The molecule has 0 unspecified atom stereocenters. The van der Waals surface area contributed by atoms with Gasteiger partial charge in [0.25, 0.3) is 0 Å². The molecule has 162 valence electrons. The summed E-state index contributed by atoms with van der Waals surface area (Å²) in [6.45, 7) is 4.62. The van der Waals surface area contributed by atoms with E-state index in [0.29, 0.717) is 6.54 Å². The molecule has 0 radical (unpaired) electrons. The van der Waals surface area contributed by atoms with Crippen molar-refractivity contribution in [2.24, 2.45) is 0 Å². The molecule has 0 fully saturated rings. The zero-order chi connectivity index (χ0) is 22.2. The van der Waals surface area contributed by atoms with Crippen LogP contribution in [0.3, 0.4) is 0 Å². The Balaban J connectivity index is 1.72. The quantitative estimate of drug-likeness (QED) is 0.290. The second kappa shape index (κ2) is 10.7. The van der Waals surface area contributed by atoms with Gasteiger partial charge in [0.15, 0.2) is 5.75 Å². The Morgan fingerprint density at radius 2 is 1.81 bits per heavy atom. The van der Waals surface area contributed by atoms with Gasteiger partial charge in [-0.2, -0.15) is 0 Å². The zero-order valence-electron chi connectivity index (χ0n) is 18.3. The van der Waals surface area contributed by atoms with E-state index in [1.54, 1.807) is 12.1 Å². The first-order valence-corrected chi connectivity index (χ1v) is 10.3. The van der Waals surface area contributed by atoms with Crippen LogP contribution >= 0.6 is 0 Å². The molecule has 0 heterocycles. The van der Waals surface area contributed by atoms with Gasteiger partial charge in [-0.25, -0.2) is 0 Å². The van der Waals surface area contributed by atoms with Gasteiger partial charge in [-0.3, -0.25) is 10.1 Å². The average molecular weight is 420 g/mol. The van der Waals surface area contributed by atoms with E-state index >= 15 is 0 Å². The van der Waals surface area contributed by atoms with Gasteiger partial charge in [0.05, 0.1) is 4.92 Å². The molecule has 6 nitrogen and oxygen atoms in total. The summed E-state index contributed by atoms with van der Waals surface area (Å²) in [5.41, 5.74) is 5.24. The Morgan fingerprint density at radius 1 is 1.03 bits per heavy atom. The van der Waals surface area contributed by atoms with Gasteiger partial charge in [-0.05, 0) is 54.9 Å². The van der Waals surface area contributed by atoms with Crippen LogP contribution in [0.4, 0.5) is 5.69 Å². The standard InChI is InChI=1S/C25H29N3O3/c1-19-22(10-7-11-23(19)21-8-5-4-6-9-21)18-31-25-13-12-20(16-24(25)28(29)30)17-26-14-15-27(2)3/h4-13,16,26H,14-15,17-18H2,1-3H3. The minimum atomic E-state index is -0.383. The summed E-state index contributed by atoms with van der Waals surface area (Å²) in [5.74, 6) is 0.284. The normalized spacial score (nSPS) is 11.0. The fraction of sp³-hybridized carbons (Fsp3) is 0.280. The summed E-state index contributed by atoms with van der Waals surface area (Å²) in [6.07, 6.45) is 0. The van der Waals surface area contributed by atoms with Gasteiger partial charge >= 0.3 is 5.69 Å². The Labute approximate surface area is 183 Å². The molecule has 1 N–H and O–H groups in total. The Hall–Kier alpha value is -3.22. The highest BCUT2D eigenvalue weighted by Gasteiger charge is 2.17. The molecule has 0 atom stereocenters. The summed E-state index contributed by atoms with van der Waals surface area (Å²) in [7, 11) is 4.02. The molecule has 31 heavy (non-hydrogen) atoms. The SMILES string of the molecule is Cc1c(COc2ccc(CNCCN(C)C)cc2[N+](=O)[O-])cccc1-c1ccccc1. The lowest BCUT2D eigenvalue weighted by Crippen LogP contribution is -2.26. The number of ether oxygens (including phenoxy) is 1. The smallest absolute Gasteiger partial charge is 0.311 e. The summed E-state index contributed by atoms with van der Waals surface area (Å²) >= 11 is 0. The second-order valence-corrected chi connectivity index (χ2v) is 7.78. The fourth-order valence-corrected chi connectivity index (χ4v) is 3.40. The molecular formula is C25H29N3O3. The van der Waals surface area contributed by atoms with Gasteiger partial charge in [-0.15, -0.1) is 0 Å². The maximum Gasteiger partial charge on any atom is 0.311 e. The van der Waals surface area contributed by atoms with Gasteiger partial charge in [0.2, 0.25) is 0 Å². The molecule has 0 saturated heterocycles. The summed E-state index contributed by atoms with van der Waals surface area (Å²) in [5, 5.41) is 14.9. The first-order valence-electron chi connectivity index (χ1n) is 10.3. The average Bonchev–Trinajstić information content (AvgIpc) is 2.77. The van der Waals surface area contributed by atoms with E-state index in [1.807, 2.05) is 50.5 Å². The topological polar surface area (TPSA) is 67.6 Å². The third kappa shape index (κ3) is 6.13. The van der Waals surface area contributed by atoms with E-state index in [-0.39, 0.29) is 23.0 Å². The van der Waals surface area contributed by atoms with Gasteiger partial charge < -0.3 is 15.0 Å². The van der Waals surface area contributed by atoms with Gasteiger partial charge in [-0.1, -0.05) is 54.6 Å². The van der Waals surface area contributed by atoms with Crippen molar-refractivity contribution < 1.29 is 9.66 Å². The third-order valence-corrected chi connectivity index (χ3v) is 5.20. The first kappa shape index (κ1) is 22.5. The lowest BCUT2D eigenvalue weighted by molar-refractivity contribution is -0.386. The molecular weight excluding hydrogens is 390 g/mol. The van der Waals surface area contributed by atoms with Crippen molar-refractivity contribution in [1.29, 1.82) is 0 Å². The van der Waals surface area contributed by atoms with Crippen LogP contribution in [-0.2, 0) is 13.2 Å². The number of nitro benzene ring substituents is 1. The van der Waals surface area contributed by atoms with Crippen LogP contribution in [0.2, 0.25) is 0 Å². The first-order chi connectivity index (χ1) is 15.0. The zero-order valence-corrected chi connectivity index (χ0v) is 18.3. The van der Waals surface area contributed by atoms with Crippen LogP contribution < -0.4 is 10.1 Å². The Kier molecular flexibility index (Phi) is 7.76. The van der Waals surface area contributed by atoms with Crippen molar-refractivity contribution in [2.75, 3.05) is 27.2 Å². The van der Waals surface area contributed by atoms with Crippen molar-refractivity contribution in [1.82, 2.24) is 10.2 Å². The van der Waals surface area contributed by atoms with Crippen LogP contribution in [0.5, 0.6) is 5.75 Å². The van der Waals surface area contributed by atoms with Crippen LogP contribution in [0.15, 0.2) is 66.7 Å². The molecule has 3 aromatic carbocycles. The van der Waals surface area contributed by atoms with Crippen LogP contribution in [0, 0.1) is 17.0 Å². The predicted octanol–water partition coefficient (Wildman–Crippen LogP) is 4.80. The Bertz CT molecular complexity index is 1020. The van der Waals surface area contributed by atoms with Crippen molar-refractivity contribution in [3.8, 4) is 16.9 Å². The molecule has 0 aliphatic heterocycles. The number of hydrogen-bond donors (Lipinski definition) is 1. The highest BCUT2D eigenvalue weighted by molar-refractivity contribution is 5.68. The third-order valence-electron chi connectivity index (χ3n) is 5.20. The molecule has 0 aliphatic carbocycles. The lowest BCUT2D eigenvalue weighted by Gasteiger charge is -2.14. The van der Waals surface area contributed by atoms with E-state index in [0.717, 1.165) is 40.9 Å². The number of likely N-dealkylation sites (N-methyl/N-ethyl adjacent to an activating group) is 1. The lowest BCUT2D eigenvalue weighted by atomic mass is 9.97. The summed E-state index contributed by atoms with van der Waals surface area (Å²) in [4.78, 5) is 13.3. The van der Waals surface area contributed by atoms with E-state index in [1.165, 1.54) is 0 Å². The number of nitrogens with zero attached hydrogens (tertiary/aromatic N) is 2. The van der Waals surface area contributed by atoms with Crippen LogP contribution in [0.1, 0.15) is 16.7 Å². The second-order valence-electron chi connectivity index (χ2n) is 7.78. The number of hydrogen-bond acceptors (Lipinski definition) is 5. The van der Waals surface area contributed by atoms with E-state index < -0.39 is 0 Å². The van der Waals surface area contributed by atoms with Gasteiger partial charge in [0.1, 0.15) is 6.61 Å². The highest BCUT2D eigenvalue weighted by Crippen LogP contribution is 2.30. The number of nitrogens with one attached hydrogen (secondary N) is 1. The van der Waals surface area contributed by atoms with E-state index in [2.05, 4.69) is 35.3 Å². The van der Waals surface area contributed by atoms with Gasteiger partial charge in [0, 0.05) is 25.7 Å². The minimum absolute atomic E-state index is 0.0104. The van der Waals surface area contributed by atoms with Crippen LogP contribution in [0.25, 0.3) is 11.1 Å². The Morgan fingerprint density at radius 3 is 2.52 bits per heavy atom. The molecule has 0 aliphatic rings. The number of nitro groups is 1. The van der Waals surface area contributed by atoms with Crippen molar-refractivity contribution in [2.45, 2.75) is 20.1 Å². The molecule has 0 spiro atoms. The maximum absolute atomic E-state index is 11.6. The van der Waals surface area contributed by atoms with Crippen molar-refractivity contribution >= 4 is 5.69 Å². The summed E-state index contributed by atoms with van der Waals surface area (Å²) in [6, 6.07) is 21.4. The molecule has 0 aromatic heterocycles. The number of benzene rings is 3. The highest BCUT2D eigenvalue weighted by atomic mass is 16.6.